The van der Waals surface area contributed by atoms with Gasteiger partial charge in [-0.2, -0.15) is 0 Å². The Morgan fingerprint density at radius 3 is 2.95 bits per heavy atom. The van der Waals surface area contributed by atoms with E-state index in [4.69, 9.17) is 4.98 Å². The Labute approximate surface area is 129 Å². The number of anilines is 1. The van der Waals surface area contributed by atoms with Gasteiger partial charge >= 0.3 is 0 Å². The maximum Gasteiger partial charge on any atom is 0.140 e. The van der Waals surface area contributed by atoms with E-state index in [1.54, 1.807) is 6.33 Å². The van der Waals surface area contributed by atoms with Crippen LogP contribution in [0, 0.1) is 0 Å². The molecule has 0 bridgehead atoms. The average molecular weight is 291 g/mol. The molecule has 3 aromatic rings. The zero-order valence-corrected chi connectivity index (χ0v) is 12.5. The van der Waals surface area contributed by atoms with Crippen molar-refractivity contribution in [1.82, 2.24) is 19.9 Å². The molecule has 0 fully saturated rings. The maximum absolute atomic E-state index is 4.69. The first-order valence-corrected chi connectivity index (χ1v) is 7.63. The second-order valence-corrected chi connectivity index (χ2v) is 5.50. The predicted molar refractivity (Wildman–Crippen MR) is 85.7 cm³/mol. The number of benzene rings is 1. The van der Waals surface area contributed by atoms with Gasteiger partial charge in [-0.05, 0) is 24.1 Å². The SMILES string of the molecule is CCc1ncc2c(n1)CN(c1ncnc3ccccc13)CC2. The minimum atomic E-state index is 0.784. The summed E-state index contributed by atoms with van der Waals surface area (Å²) in [5.41, 5.74) is 3.36. The highest BCUT2D eigenvalue weighted by atomic mass is 15.2. The second kappa shape index (κ2) is 5.33. The van der Waals surface area contributed by atoms with Gasteiger partial charge in [0.15, 0.2) is 0 Å². The number of hydrogen-bond acceptors (Lipinski definition) is 5. The highest BCUT2D eigenvalue weighted by molar-refractivity contribution is 5.89. The summed E-state index contributed by atoms with van der Waals surface area (Å²) in [6, 6.07) is 8.14. The summed E-state index contributed by atoms with van der Waals surface area (Å²) in [5.74, 6) is 1.90. The van der Waals surface area contributed by atoms with Gasteiger partial charge in [0, 0.05) is 24.5 Å². The van der Waals surface area contributed by atoms with Gasteiger partial charge < -0.3 is 4.90 Å². The largest absolute Gasteiger partial charge is 0.350 e. The van der Waals surface area contributed by atoms with Gasteiger partial charge in [0.25, 0.3) is 0 Å². The molecule has 0 saturated heterocycles. The van der Waals surface area contributed by atoms with E-state index in [2.05, 4.69) is 32.8 Å². The number of aromatic nitrogens is 4. The van der Waals surface area contributed by atoms with Crippen LogP contribution >= 0.6 is 0 Å². The standard InChI is InChI=1S/C17H17N5/c1-2-16-18-9-12-7-8-22(10-15(12)21-16)17-13-5-3-4-6-14(13)19-11-20-17/h3-6,9,11H,2,7-8,10H2,1H3. The molecule has 1 aliphatic heterocycles. The fourth-order valence-corrected chi connectivity index (χ4v) is 2.94. The minimum absolute atomic E-state index is 0.784. The second-order valence-electron chi connectivity index (χ2n) is 5.50. The topological polar surface area (TPSA) is 54.8 Å². The van der Waals surface area contributed by atoms with Crippen molar-refractivity contribution in [3.05, 3.63) is 53.9 Å². The van der Waals surface area contributed by atoms with Crippen molar-refractivity contribution in [2.24, 2.45) is 0 Å². The van der Waals surface area contributed by atoms with Gasteiger partial charge in [0.1, 0.15) is 18.0 Å². The van der Waals surface area contributed by atoms with E-state index in [-0.39, 0.29) is 0 Å². The molecule has 3 heterocycles. The van der Waals surface area contributed by atoms with E-state index in [0.717, 1.165) is 54.2 Å². The van der Waals surface area contributed by atoms with Crippen LogP contribution in [0.2, 0.25) is 0 Å². The fourth-order valence-electron chi connectivity index (χ4n) is 2.94. The lowest BCUT2D eigenvalue weighted by molar-refractivity contribution is 0.686. The number of fused-ring (bicyclic) bond motifs is 2. The molecule has 110 valence electrons. The Hall–Kier alpha value is -2.56. The molecule has 0 unspecified atom stereocenters. The first kappa shape index (κ1) is 13.1. The van der Waals surface area contributed by atoms with Crippen LogP contribution in [0.4, 0.5) is 5.82 Å². The van der Waals surface area contributed by atoms with E-state index in [9.17, 15) is 0 Å². The van der Waals surface area contributed by atoms with Crippen molar-refractivity contribution in [3.8, 4) is 0 Å². The van der Waals surface area contributed by atoms with Gasteiger partial charge in [-0.15, -0.1) is 0 Å². The van der Waals surface area contributed by atoms with Crippen LogP contribution in [0.25, 0.3) is 10.9 Å². The summed E-state index contributed by atoms with van der Waals surface area (Å²) in [4.78, 5) is 20.2. The third kappa shape index (κ3) is 2.19. The quantitative estimate of drug-likeness (QED) is 0.726. The fraction of sp³-hybridized carbons (Fsp3) is 0.294. The van der Waals surface area contributed by atoms with Crippen molar-refractivity contribution < 1.29 is 0 Å². The Morgan fingerprint density at radius 2 is 2.05 bits per heavy atom. The first-order chi connectivity index (χ1) is 10.8. The molecule has 0 aliphatic carbocycles. The number of nitrogens with zero attached hydrogens (tertiary/aromatic N) is 5. The van der Waals surface area contributed by atoms with Crippen LogP contribution in [0.3, 0.4) is 0 Å². The molecule has 4 rings (SSSR count). The summed E-state index contributed by atoms with van der Waals surface area (Å²) < 4.78 is 0. The number of hydrogen-bond donors (Lipinski definition) is 0. The lowest BCUT2D eigenvalue weighted by Gasteiger charge is -2.29. The molecule has 0 N–H and O–H groups in total. The monoisotopic (exact) mass is 291 g/mol. The smallest absolute Gasteiger partial charge is 0.140 e. The molecule has 1 aliphatic rings. The van der Waals surface area contributed by atoms with Crippen LogP contribution in [0.1, 0.15) is 24.0 Å². The minimum Gasteiger partial charge on any atom is -0.350 e. The number of para-hydroxylation sites is 1. The Balaban J connectivity index is 1.74. The van der Waals surface area contributed by atoms with Gasteiger partial charge in [0.2, 0.25) is 0 Å². The van der Waals surface area contributed by atoms with E-state index in [0.29, 0.717) is 0 Å². The average Bonchev–Trinajstić information content (AvgIpc) is 2.60. The lowest BCUT2D eigenvalue weighted by Crippen LogP contribution is -2.32. The van der Waals surface area contributed by atoms with Crippen LogP contribution in [0.15, 0.2) is 36.8 Å². The number of aryl methyl sites for hydroxylation is 1. The van der Waals surface area contributed by atoms with Gasteiger partial charge in [-0.1, -0.05) is 19.1 Å². The van der Waals surface area contributed by atoms with Crippen molar-refractivity contribution in [3.63, 3.8) is 0 Å². The van der Waals surface area contributed by atoms with Gasteiger partial charge in [-0.3, -0.25) is 0 Å². The summed E-state index contributed by atoms with van der Waals surface area (Å²) in [6.45, 7) is 3.80. The van der Waals surface area contributed by atoms with Crippen molar-refractivity contribution in [2.75, 3.05) is 11.4 Å². The molecule has 5 heteroatoms. The molecule has 22 heavy (non-hydrogen) atoms. The van der Waals surface area contributed by atoms with E-state index >= 15 is 0 Å². The first-order valence-electron chi connectivity index (χ1n) is 7.63. The van der Waals surface area contributed by atoms with Crippen molar-refractivity contribution in [2.45, 2.75) is 26.3 Å². The normalized spacial score (nSPS) is 14.1. The van der Waals surface area contributed by atoms with Crippen molar-refractivity contribution >= 4 is 16.7 Å². The summed E-state index contributed by atoms with van der Waals surface area (Å²) in [6.07, 6.45) is 5.45. The van der Waals surface area contributed by atoms with Crippen LogP contribution in [0.5, 0.6) is 0 Å². The molecule has 5 nitrogen and oxygen atoms in total. The Morgan fingerprint density at radius 1 is 1.14 bits per heavy atom. The van der Waals surface area contributed by atoms with E-state index < -0.39 is 0 Å². The molecule has 1 aromatic carbocycles. The zero-order chi connectivity index (χ0) is 14.9. The molecule has 0 amide bonds. The van der Waals surface area contributed by atoms with Crippen molar-refractivity contribution in [1.29, 1.82) is 0 Å². The van der Waals surface area contributed by atoms with E-state index in [1.165, 1.54) is 5.56 Å². The highest BCUT2D eigenvalue weighted by Crippen LogP contribution is 2.27. The molecule has 0 spiro atoms. The van der Waals surface area contributed by atoms with Crippen LogP contribution in [-0.2, 0) is 19.4 Å². The molecule has 0 radical (unpaired) electrons. The summed E-state index contributed by atoms with van der Waals surface area (Å²) in [7, 11) is 0. The highest BCUT2D eigenvalue weighted by Gasteiger charge is 2.21. The van der Waals surface area contributed by atoms with Gasteiger partial charge in [0.05, 0.1) is 17.8 Å². The van der Waals surface area contributed by atoms with E-state index in [1.807, 2.05) is 24.4 Å². The predicted octanol–water partition coefficient (Wildman–Crippen LogP) is 2.54. The molecule has 2 aromatic heterocycles. The summed E-state index contributed by atoms with van der Waals surface area (Å²) in [5, 5.41) is 1.10. The molecule has 0 atom stereocenters. The van der Waals surface area contributed by atoms with Crippen LogP contribution < -0.4 is 4.90 Å². The Bertz CT molecular complexity index is 825. The van der Waals surface area contributed by atoms with Gasteiger partial charge in [-0.25, -0.2) is 19.9 Å². The molecule has 0 saturated carbocycles. The maximum atomic E-state index is 4.69. The number of rotatable bonds is 2. The molecular weight excluding hydrogens is 274 g/mol. The summed E-state index contributed by atoms with van der Waals surface area (Å²) >= 11 is 0. The third-order valence-electron chi connectivity index (χ3n) is 4.13. The van der Waals surface area contributed by atoms with Crippen LogP contribution in [-0.4, -0.2) is 26.5 Å². The molecular formula is C17H17N5. The zero-order valence-electron chi connectivity index (χ0n) is 12.5. The Kier molecular flexibility index (Phi) is 3.18. The lowest BCUT2D eigenvalue weighted by atomic mass is 10.1. The third-order valence-corrected chi connectivity index (χ3v) is 4.13.